The molecule has 0 bridgehead atoms. The van der Waals surface area contributed by atoms with Crippen molar-refractivity contribution in [1.29, 1.82) is 0 Å². The van der Waals surface area contributed by atoms with Crippen LogP contribution in [0.3, 0.4) is 0 Å². The van der Waals surface area contributed by atoms with Crippen LogP contribution >= 0.6 is 0 Å². The molecule has 1 aromatic carbocycles. The number of nitrogens with one attached hydrogen (secondary N) is 2. The summed E-state index contributed by atoms with van der Waals surface area (Å²) in [5.74, 6) is -0.170. The SMILES string of the molecule is CC[C@H](N)C(=O)NCc1ccc(NC(N)=O)cc1. The zero-order valence-corrected chi connectivity index (χ0v) is 10.3. The minimum atomic E-state index is -0.607. The van der Waals surface area contributed by atoms with Gasteiger partial charge in [0.1, 0.15) is 0 Å². The van der Waals surface area contributed by atoms with E-state index in [0.29, 0.717) is 18.7 Å². The second-order valence-electron chi connectivity index (χ2n) is 3.92. The zero-order valence-electron chi connectivity index (χ0n) is 10.3. The van der Waals surface area contributed by atoms with Gasteiger partial charge in [-0.25, -0.2) is 4.79 Å². The van der Waals surface area contributed by atoms with Gasteiger partial charge in [0.25, 0.3) is 0 Å². The summed E-state index contributed by atoms with van der Waals surface area (Å²) in [6.07, 6.45) is 0.604. The summed E-state index contributed by atoms with van der Waals surface area (Å²) in [6.45, 7) is 2.26. The molecule has 1 rings (SSSR count). The van der Waals surface area contributed by atoms with E-state index < -0.39 is 12.1 Å². The molecule has 0 aliphatic carbocycles. The molecule has 0 aliphatic heterocycles. The van der Waals surface area contributed by atoms with Crippen molar-refractivity contribution in [2.24, 2.45) is 11.5 Å². The molecule has 0 radical (unpaired) electrons. The largest absolute Gasteiger partial charge is 0.351 e. The Bertz CT molecular complexity index is 417. The highest BCUT2D eigenvalue weighted by molar-refractivity contribution is 5.87. The van der Waals surface area contributed by atoms with Gasteiger partial charge < -0.3 is 22.1 Å². The van der Waals surface area contributed by atoms with Crippen LogP contribution in [0.25, 0.3) is 0 Å². The molecule has 0 fully saturated rings. The highest BCUT2D eigenvalue weighted by Gasteiger charge is 2.09. The lowest BCUT2D eigenvalue weighted by atomic mass is 10.2. The molecule has 0 heterocycles. The van der Waals surface area contributed by atoms with Crippen LogP contribution in [-0.4, -0.2) is 18.0 Å². The monoisotopic (exact) mass is 250 g/mol. The van der Waals surface area contributed by atoms with E-state index in [4.69, 9.17) is 11.5 Å². The lowest BCUT2D eigenvalue weighted by Crippen LogP contribution is -2.39. The van der Waals surface area contributed by atoms with Gasteiger partial charge in [-0.3, -0.25) is 4.79 Å². The van der Waals surface area contributed by atoms with E-state index >= 15 is 0 Å². The van der Waals surface area contributed by atoms with Crippen LogP contribution in [0.1, 0.15) is 18.9 Å². The van der Waals surface area contributed by atoms with Crippen molar-refractivity contribution >= 4 is 17.6 Å². The Morgan fingerprint density at radius 2 is 1.89 bits per heavy atom. The van der Waals surface area contributed by atoms with Gasteiger partial charge in [-0.2, -0.15) is 0 Å². The molecule has 0 saturated carbocycles. The third kappa shape index (κ3) is 4.42. The maximum absolute atomic E-state index is 11.5. The highest BCUT2D eigenvalue weighted by atomic mass is 16.2. The Morgan fingerprint density at radius 3 is 2.39 bits per heavy atom. The molecule has 0 saturated heterocycles. The van der Waals surface area contributed by atoms with Crippen molar-refractivity contribution in [2.45, 2.75) is 25.9 Å². The fourth-order valence-electron chi connectivity index (χ4n) is 1.35. The third-order valence-corrected chi connectivity index (χ3v) is 2.46. The average molecular weight is 250 g/mol. The average Bonchev–Trinajstić information content (AvgIpc) is 2.36. The molecule has 18 heavy (non-hydrogen) atoms. The number of primary amides is 1. The Morgan fingerprint density at radius 1 is 1.28 bits per heavy atom. The number of carbonyl (C=O) groups excluding carboxylic acids is 2. The zero-order chi connectivity index (χ0) is 13.5. The van der Waals surface area contributed by atoms with E-state index in [1.54, 1.807) is 24.3 Å². The molecule has 98 valence electrons. The summed E-state index contributed by atoms with van der Waals surface area (Å²) in [5, 5.41) is 5.19. The van der Waals surface area contributed by atoms with Crippen LogP contribution in [0.5, 0.6) is 0 Å². The summed E-state index contributed by atoms with van der Waals surface area (Å²) < 4.78 is 0. The first-order chi connectivity index (χ1) is 8.52. The molecule has 0 unspecified atom stereocenters. The summed E-state index contributed by atoms with van der Waals surface area (Å²) in [6, 6.07) is 5.94. The second-order valence-corrected chi connectivity index (χ2v) is 3.92. The van der Waals surface area contributed by atoms with Crippen LogP contribution in [-0.2, 0) is 11.3 Å². The van der Waals surface area contributed by atoms with E-state index in [2.05, 4.69) is 10.6 Å². The van der Waals surface area contributed by atoms with Gasteiger partial charge in [-0.15, -0.1) is 0 Å². The second kappa shape index (κ2) is 6.61. The van der Waals surface area contributed by atoms with E-state index in [1.807, 2.05) is 6.92 Å². The summed E-state index contributed by atoms with van der Waals surface area (Å²) in [7, 11) is 0. The van der Waals surface area contributed by atoms with Crippen LogP contribution in [0, 0.1) is 0 Å². The predicted octanol–water partition coefficient (Wildman–Crippen LogP) is 0.531. The van der Waals surface area contributed by atoms with Crippen LogP contribution in [0.15, 0.2) is 24.3 Å². The number of urea groups is 1. The van der Waals surface area contributed by atoms with Gasteiger partial charge in [-0.05, 0) is 24.1 Å². The summed E-state index contributed by atoms with van der Waals surface area (Å²) in [4.78, 5) is 22.1. The molecule has 3 amide bonds. The van der Waals surface area contributed by atoms with Crippen molar-refractivity contribution in [3.8, 4) is 0 Å². The summed E-state index contributed by atoms with van der Waals surface area (Å²) in [5.41, 5.74) is 12.1. The molecule has 1 atom stereocenters. The number of hydrogen-bond donors (Lipinski definition) is 4. The first-order valence-electron chi connectivity index (χ1n) is 5.71. The lowest BCUT2D eigenvalue weighted by Gasteiger charge is -2.10. The molecule has 6 heteroatoms. The number of benzene rings is 1. The smallest absolute Gasteiger partial charge is 0.316 e. The van der Waals surface area contributed by atoms with E-state index in [9.17, 15) is 9.59 Å². The molecule has 0 aliphatic rings. The lowest BCUT2D eigenvalue weighted by molar-refractivity contribution is -0.122. The van der Waals surface area contributed by atoms with Gasteiger partial charge in [-0.1, -0.05) is 19.1 Å². The third-order valence-electron chi connectivity index (χ3n) is 2.46. The number of amides is 3. The van der Waals surface area contributed by atoms with E-state index in [0.717, 1.165) is 5.56 Å². The van der Waals surface area contributed by atoms with Gasteiger partial charge in [0.2, 0.25) is 5.91 Å². The number of nitrogens with two attached hydrogens (primary N) is 2. The Labute approximate surface area is 106 Å². The molecular weight excluding hydrogens is 232 g/mol. The van der Waals surface area contributed by atoms with E-state index in [-0.39, 0.29) is 5.91 Å². The molecule has 6 N–H and O–H groups in total. The van der Waals surface area contributed by atoms with Crippen LogP contribution in [0.4, 0.5) is 10.5 Å². The molecule has 0 aromatic heterocycles. The van der Waals surface area contributed by atoms with Crippen LogP contribution < -0.4 is 22.1 Å². The number of rotatable bonds is 5. The predicted molar refractivity (Wildman–Crippen MR) is 69.8 cm³/mol. The fraction of sp³-hybridized carbons (Fsp3) is 0.333. The maximum Gasteiger partial charge on any atom is 0.316 e. The fourth-order valence-corrected chi connectivity index (χ4v) is 1.35. The topological polar surface area (TPSA) is 110 Å². The number of anilines is 1. The van der Waals surface area contributed by atoms with Crippen molar-refractivity contribution < 1.29 is 9.59 Å². The summed E-state index contributed by atoms with van der Waals surface area (Å²) >= 11 is 0. The van der Waals surface area contributed by atoms with Gasteiger partial charge >= 0.3 is 6.03 Å². The molecule has 0 spiro atoms. The van der Waals surface area contributed by atoms with E-state index in [1.165, 1.54) is 0 Å². The molecule has 1 aromatic rings. The number of carbonyl (C=O) groups is 2. The van der Waals surface area contributed by atoms with Crippen LogP contribution in [0.2, 0.25) is 0 Å². The molecular formula is C12H18N4O2. The quantitative estimate of drug-likeness (QED) is 0.611. The molecule has 6 nitrogen and oxygen atoms in total. The Hall–Kier alpha value is -2.08. The first kappa shape index (κ1) is 14.0. The van der Waals surface area contributed by atoms with Crippen molar-refractivity contribution in [2.75, 3.05) is 5.32 Å². The maximum atomic E-state index is 11.5. The minimum absolute atomic E-state index is 0.170. The normalized spacial score (nSPS) is 11.7. The van der Waals surface area contributed by atoms with Crippen molar-refractivity contribution in [1.82, 2.24) is 5.32 Å². The standard InChI is InChI=1S/C12H18N4O2/c1-2-10(13)11(17)15-7-8-3-5-9(6-4-8)16-12(14)18/h3-6,10H,2,7,13H2,1H3,(H,15,17)(H3,14,16,18)/t10-/m0/s1. The van der Waals surface area contributed by atoms with Gasteiger partial charge in [0.15, 0.2) is 0 Å². The highest BCUT2D eigenvalue weighted by Crippen LogP contribution is 2.09. The van der Waals surface area contributed by atoms with Crippen molar-refractivity contribution in [3.63, 3.8) is 0 Å². The first-order valence-corrected chi connectivity index (χ1v) is 5.71. The Kier molecular flexibility index (Phi) is 5.13. The minimum Gasteiger partial charge on any atom is -0.351 e. The Balaban J connectivity index is 2.49. The van der Waals surface area contributed by atoms with Crippen molar-refractivity contribution in [3.05, 3.63) is 29.8 Å². The van der Waals surface area contributed by atoms with Gasteiger partial charge in [0, 0.05) is 12.2 Å². The van der Waals surface area contributed by atoms with Gasteiger partial charge in [0.05, 0.1) is 6.04 Å². The number of hydrogen-bond acceptors (Lipinski definition) is 3.